The fraction of sp³-hybridized carbons (Fsp3) is 0.944. The zero-order valence-electron chi connectivity index (χ0n) is 15.0. The first-order valence-electron chi connectivity index (χ1n) is 9.30. The molecule has 4 heterocycles. The van der Waals surface area contributed by atoms with Crippen LogP contribution in [0.1, 0.15) is 53.4 Å². The Labute approximate surface area is 143 Å². The summed E-state index contributed by atoms with van der Waals surface area (Å²) in [5.74, 6) is -1.52. The average Bonchev–Trinajstić information content (AvgIpc) is 2.69. The van der Waals surface area contributed by atoms with Gasteiger partial charge in [-0.05, 0) is 38.5 Å². The van der Waals surface area contributed by atoms with E-state index in [4.69, 9.17) is 24.0 Å². The van der Waals surface area contributed by atoms with E-state index in [1.807, 2.05) is 13.8 Å². The molecule has 4 saturated heterocycles. The average molecular weight is 340 g/mol. The van der Waals surface area contributed by atoms with Gasteiger partial charge in [0.15, 0.2) is 11.9 Å². The number of hydrogen-bond acceptors (Lipinski definition) is 6. The van der Waals surface area contributed by atoms with E-state index in [0.29, 0.717) is 19.6 Å². The van der Waals surface area contributed by atoms with Gasteiger partial charge in [0.05, 0.1) is 12.5 Å². The number of Topliss-reactive ketones (excluding diaryl/α,β-unsaturated/α-hetero) is 1. The van der Waals surface area contributed by atoms with Gasteiger partial charge in [-0.3, -0.25) is 4.79 Å². The Hall–Kier alpha value is -0.530. The van der Waals surface area contributed by atoms with Crippen LogP contribution in [-0.4, -0.2) is 42.3 Å². The highest BCUT2D eigenvalue weighted by Gasteiger charge is 2.79. The summed E-state index contributed by atoms with van der Waals surface area (Å²) in [7, 11) is 0. The van der Waals surface area contributed by atoms with E-state index in [0.717, 1.165) is 19.3 Å². The fourth-order valence-electron chi connectivity index (χ4n) is 5.74. The van der Waals surface area contributed by atoms with Crippen molar-refractivity contribution in [3.63, 3.8) is 0 Å². The van der Waals surface area contributed by atoms with Gasteiger partial charge in [-0.1, -0.05) is 13.8 Å². The van der Waals surface area contributed by atoms with Gasteiger partial charge in [-0.25, -0.2) is 4.89 Å². The Balaban J connectivity index is 1.98. The third kappa shape index (κ3) is 1.76. The third-order valence-corrected chi connectivity index (χ3v) is 6.73. The van der Waals surface area contributed by atoms with Crippen molar-refractivity contribution in [2.45, 2.75) is 76.7 Å². The second-order valence-electron chi connectivity index (χ2n) is 7.74. The van der Waals surface area contributed by atoms with Crippen LogP contribution < -0.4 is 0 Å². The molecule has 0 N–H and O–H groups in total. The lowest BCUT2D eigenvalue weighted by Crippen LogP contribution is -2.76. The van der Waals surface area contributed by atoms with E-state index in [1.54, 1.807) is 6.92 Å². The van der Waals surface area contributed by atoms with Gasteiger partial charge in [0.2, 0.25) is 5.78 Å². The van der Waals surface area contributed by atoms with Crippen LogP contribution in [0.4, 0.5) is 0 Å². The minimum absolute atomic E-state index is 0.0965. The molecular weight excluding hydrogens is 312 g/mol. The van der Waals surface area contributed by atoms with Crippen LogP contribution in [0.5, 0.6) is 0 Å². The van der Waals surface area contributed by atoms with Crippen LogP contribution in [0.15, 0.2) is 0 Å². The first kappa shape index (κ1) is 16.9. The highest BCUT2D eigenvalue weighted by molar-refractivity contribution is 5.89. The number of rotatable bonds is 3. The van der Waals surface area contributed by atoms with Crippen LogP contribution in [0.25, 0.3) is 0 Å². The van der Waals surface area contributed by atoms with Crippen LogP contribution in [0.2, 0.25) is 0 Å². The van der Waals surface area contributed by atoms with Gasteiger partial charge in [0.25, 0.3) is 5.79 Å². The zero-order chi connectivity index (χ0) is 17.2. The first-order chi connectivity index (χ1) is 11.5. The van der Waals surface area contributed by atoms with E-state index in [-0.39, 0.29) is 23.5 Å². The molecule has 6 unspecified atom stereocenters. The van der Waals surface area contributed by atoms with Gasteiger partial charge >= 0.3 is 0 Å². The van der Waals surface area contributed by atoms with Gasteiger partial charge in [-0.15, -0.1) is 0 Å². The highest BCUT2D eigenvalue weighted by Crippen LogP contribution is 2.63. The molecular formula is C18H28O6. The Kier molecular flexibility index (Phi) is 3.86. The van der Waals surface area contributed by atoms with Crippen LogP contribution in [0, 0.1) is 17.8 Å². The lowest BCUT2D eigenvalue weighted by atomic mass is 9.54. The van der Waals surface area contributed by atoms with Crippen molar-refractivity contribution in [2.75, 3.05) is 13.2 Å². The van der Waals surface area contributed by atoms with Crippen LogP contribution in [-0.2, 0) is 28.8 Å². The summed E-state index contributed by atoms with van der Waals surface area (Å²) in [6, 6.07) is 0. The molecule has 24 heavy (non-hydrogen) atoms. The largest absolute Gasteiger partial charge is 0.371 e. The number of ether oxygens (including phenoxy) is 3. The van der Waals surface area contributed by atoms with Crippen molar-refractivity contribution in [2.24, 2.45) is 17.8 Å². The Morgan fingerprint density at radius 1 is 1.21 bits per heavy atom. The maximum atomic E-state index is 13.4. The molecule has 0 radical (unpaired) electrons. The number of hydrogen-bond donors (Lipinski definition) is 0. The summed E-state index contributed by atoms with van der Waals surface area (Å²) in [6.45, 7) is 8.92. The molecule has 5 fully saturated rings. The van der Waals surface area contributed by atoms with Crippen molar-refractivity contribution >= 4 is 5.78 Å². The SMILES string of the molecule is CCOC12C(CC)C(=O)C3(C)OOC14C(CCOC4O3)CC[C@@H]2C. The van der Waals surface area contributed by atoms with E-state index in [1.165, 1.54) is 0 Å². The number of ketones is 1. The summed E-state index contributed by atoms with van der Waals surface area (Å²) in [6.07, 6.45) is 2.90. The minimum Gasteiger partial charge on any atom is -0.371 e. The maximum Gasteiger partial charge on any atom is 0.260 e. The summed E-state index contributed by atoms with van der Waals surface area (Å²) in [5.41, 5.74) is -1.67. The van der Waals surface area contributed by atoms with Crippen molar-refractivity contribution in [3.05, 3.63) is 0 Å². The van der Waals surface area contributed by atoms with Crippen molar-refractivity contribution in [1.82, 2.24) is 0 Å². The van der Waals surface area contributed by atoms with Gasteiger partial charge in [0, 0.05) is 19.4 Å². The van der Waals surface area contributed by atoms with E-state index in [2.05, 4.69) is 6.92 Å². The summed E-state index contributed by atoms with van der Waals surface area (Å²) >= 11 is 0. The second kappa shape index (κ2) is 5.48. The van der Waals surface area contributed by atoms with Crippen LogP contribution >= 0.6 is 0 Å². The molecule has 4 aliphatic heterocycles. The fourth-order valence-corrected chi connectivity index (χ4v) is 5.74. The topological polar surface area (TPSA) is 63.2 Å². The van der Waals surface area contributed by atoms with E-state index < -0.39 is 23.3 Å². The summed E-state index contributed by atoms with van der Waals surface area (Å²) in [4.78, 5) is 25.1. The molecule has 1 spiro atoms. The molecule has 7 atom stereocenters. The van der Waals surface area contributed by atoms with E-state index in [9.17, 15) is 4.79 Å². The third-order valence-electron chi connectivity index (χ3n) is 6.73. The molecule has 1 saturated carbocycles. The predicted molar refractivity (Wildman–Crippen MR) is 83.8 cm³/mol. The standard InChI is InChI=1S/C18H28O6/c1-5-13-14(19)16(4)22-15-18(24-23-16)12(9-10-20-15)8-7-11(3)17(13,18)21-6-2/h11-13,15H,5-10H2,1-4H3/t11-,12?,13?,15?,16?,17?,18?/m0/s1. The summed E-state index contributed by atoms with van der Waals surface area (Å²) < 4.78 is 18.5. The molecule has 2 bridgehead atoms. The molecule has 5 rings (SSSR count). The molecule has 0 aromatic rings. The molecule has 136 valence electrons. The minimum atomic E-state index is -1.43. The lowest BCUT2D eigenvalue weighted by Gasteiger charge is -2.62. The normalized spacial score (nSPS) is 53.6. The summed E-state index contributed by atoms with van der Waals surface area (Å²) in [5, 5.41) is 0. The predicted octanol–water partition coefficient (Wildman–Crippen LogP) is 2.60. The zero-order valence-corrected chi connectivity index (χ0v) is 15.0. The molecule has 0 amide bonds. The van der Waals surface area contributed by atoms with E-state index >= 15 is 0 Å². The van der Waals surface area contributed by atoms with Gasteiger partial charge in [0.1, 0.15) is 5.60 Å². The first-order valence-corrected chi connectivity index (χ1v) is 9.30. The molecule has 0 aromatic carbocycles. The Morgan fingerprint density at radius 3 is 2.71 bits per heavy atom. The van der Waals surface area contributed by atoms with Crippen molar-refractivity contribution < 1.29 is 28.8 Å². The molecule has 5 aliphatic rings. The number of fused-ring (bicyclic) bond motifs is 2. The lowest BCUT2D eigenvalue weighted by molar-refractivity contribution is -0.567. The van der Waals surface area contributed by atoms with Gasteiger partial charge < -0.3 is 14.2 Å². The smallest absolute Gasteiger partial charge is 0.260 e. The Bertz CT molecular complexity index is 538. The molecule has 6 heteroatoms. The molecule has 0 aromatic heterocycles. The highest BCUT2D eigenvalue weighted by atomic mass is 17.3. The number of carbonyl (C=O) groups excluding carboxylic acids is 1. The monoisotopic (exact) mass is 340 g/mol. The van der Waals surface area contributed by atoms with Gasteiger partial charge in [-0.2, -0.15) is 4.89 Å². The van der Waals surface area contributed by atoms with Crippen LogP contribution in [0.3, 0.4) is 0 Å². The van der Waals surface area contributed by atoms with Crippen molar-refractivity contribution in [3.8, 4) is 0 Å². The maximum absolute atomic E-state index is 13.4. The molecule has 1 aliphatic carbocycles. The Morgan fingerprint density at radius 2 is 2.00 bits per heavy atom. The molecule has 6 nitrogen and oxygen atoms in total. The number of carbonyl (C=O) groups is 1. The second-order valence-corrected chi connectivity index (χ2v) is 7.74. The van der Waals surface area contributed by atoms with Crippen molar-refractivity contribution in [1.29, 1.82) is 0 Å². The quantitative estimate of drug-likeness (QED) is 0.736.